The number of carbonyl (C=O) groups excluding carboxylic acids is 1. The van der Waals surface area contributed by atoms with Crippen LogP contribution in [0.3, 0.4) is 0 Å². The zero-order chi connectivity index (χ0) is 18.8. The first-order chi connectivity index (χ1) is 12.6. The number of hydrogen-bond acceptors (Lipinski definition) is 4. The van der Waals surface area contributed by atoms with Gasteiger partial charge in [-0.15, -0.1) is 0 Å². The number of ether oxygens (including phenoxy) is 2. The summed E-state index contributed by atoms with van der Waals surface area (Å²) < 4.78 is 11.1. The van der Waals surface area contributed by atoms with Gasteiger partial charge in [-0.1, -0.05) is 23.7 Å². The number of benzene rings is 2. The van der Waals surface area contributed by atoms with E-state index in [-0.39, 0.29) is 11.0 Å². The van der Waals surface area contributed by atoms with Crippen molar-refractivity contribution in [2.75, 3.05) is 18.5 Å². The molecule has 0 radical (unpaired) electrons. The van der Waals surface area contributed by atoms with E-state index < -0.39 is 0 Å². The largest absolute Gasteiger partial charge is 0.494 e. The van der Waals surface area contributed by atoms with Crippen LogP contribution in [0.4, 0.5) is 5.69 Å². The van der Waals surface area contributed by atoms with Crippen LogP contribution in [-0.2, 0) is 4.79 Å². The van der Waals surface area contributed by atoms with Crippen molar-refractivity contribution in [2.45, 2.75) is 19.8 Å². The summed E-state index contributed by atoms with van der Waals surface area (Å²) in [7, 11) is 0. The van der Waals surface area contributed by atoms with Gasteiger partial charge in [-0.05, 0) is 62.0 Å². The predicted molar refractivity (Wildman–Crippen MR) is 108 cm³/mol. The molecule has 2 N–H and O–H groups in total. The van der Waals surface area contributed by atoms with Crippen molar-refractivity contribution in [2.24, 2.45) is 0 Å². The Morgan fingerprint density at radius 3 is 2.58 bits per heavy atom. The van der Waals surface area contributed by atoms with Crippen LogP contribution in [0.25, 0.3) is 0 Å². The summed E-state index contributed by atoms with van der Waals surface area (Å²) in [6.07, 6.45) is 0.884. The van der Waals surface area contributed by atoms with Crippen LogP contribution < -0.4 is 20.1 Å². The second kappa shape index (κ2) is 10.6. The highest BCUT2D eigenvalue weighted by molar-refractivity contribution is 7.80. The van der Waals surface area contributed by atoms with Gasteiger partial charge < -0.3 is 20.1 Å². The summed E-state index contributed by atoms with van der Waals surface area (Å²) >= 11 is 11.0. The lowest BCUT2D eigenvalue weighted by molar-refractivity contribution is -0.119. The van der Waals surface area contributed by atoms with Gasteiger partial charge in [0, 0.05) is 11.4 Å². The van der Waals surface area contributed by atoms with E-state index in [2.05, 4.69) is 10.6 Å². The summed E-state index contributed by atoms with van der Waals surface area (Å²) in [5, 5.41) is 6.53. The molecule has 0 saturated carbocycles. The van der Waals surface area contributed by atoms with E-state index in [0.717, 1.165) is 5.75 Å². The van der Waals surface area contributed by atoms with Crippen molar-refractivity contribution >= 4 is 40.5 Å². The number of carbonyl (C=O) groups is 1. The molecule has 2 rings (SSSR count). The van der Waals surface area contributed by atoms with Crippen LogP contribution >= 0.6 is 23.8 Å². The number of hydrogen-bond donors (Lipinski definition) is 2. The molecule has 0 aliphatic rings. The normalized spacial score (nSPS) is 10.1. The molecule has 0 aliphatic heterocycles. The SMILES string of the molecule is CCOc1ccccc1NC(=S)NC(=O)CCCOc1ccc(Cl)cc1. The van der Waals surface area contributed by atoms with Gasteiger partial charge in [-0.3, -0.25) is 4.79 Å². The van der Waals surface area contributed by atoms with Crippen molar-refractivity contribution in [1.29, 1.82) is 0 Å². The Bertz CT molecular complexity index is 738. The molecule has 2 aromatic rings. The van der Waals surface area contributed by atoms with Crippen LogP contribution in [-0.4, -0.2) is 24.2 Å². The Morgan fingerprint density at radius 1 is 1.12 bits per heavy atom. The van der Waals surface area contributed by atoms with Crippen LogP contribution in [0, 0.1) is 0 Å². The average molecular weight is 393 g/mol. The fourth-order valence-corrected chi connectivity index (χ4v) is 2.50. The van der Waals surface area contributed by atoms with Gasteiger partial charge >= 0.3 is 0 Å². The Hall–Kier alpha value is -2.31. The zero-order valence-corrected chi connectivity index (χ0v) is 16.0. The molecule has 0 heterocycles. The first-order valence-electron chi connectivity index (χ1n) is 8.29. The molecule has 0 fully saturated rings. The first-order valence-corrected chi connectivity index (χ1v) is 9.08. The average Bonchev–Trinajstić information content (AvgIpc) is 2.62. The Labute approximate surface area is 163 Å². The molecule has 7 heteroatoms. The summed E-state index contributed by atoms with van der Waals surface area (Å²) in [4.78, 5) is 12.0. The molecule has 0 aliphatic carbocycles. The third-order valence-corrected chi connectivity index (χ3v) is 3.77. The molecule has 2 aromatic carbocycles. The number of anilines is 1. The molecule has 1 amide bonds. The van der Waals surface area contributed by atoms with E-state index >= 15 is 0 Å². The lowest BCUT2D eigenvalue weighted by atomic mass is 10.3. The van der Waals surface area contributed by atoms with Crippen molar-refractivity contribution in [1.82, 2.24) is 5.32 Å². The summed E-state index contributed by atoms with van der Waals surface area (Å²) in [6.45, 7) is 2.89. The second-order valence-electron chi connectivity index (χ2n) is 5.34. The molecule has 0 aromatic heterocycles. The Kier molecular flexibility index (Phi) is 8.18. The van der Waals surface area contributed by atoms with Crippen LogP contribution in [0.5, 0.6) is 11.5 Å². The zero-order valence-electron chi connectivity index (χ0n) is 14.5. The van der Waals surface area contributed by atoms with Gasteiger partial charge in [0.1, 0.15) is 11.5 Å². The quantitative estimate of drug-likeness (QED) is 0.514. The lowest BCUT2D eigenvalue weighted by Gasteiger charge is -2.13. The Balaban J connectivity index is 1.70. The molecule has 0 atom stereocenters. The minimum absolute atomic E-state index is 0.170. The number of para-hydroxylation sites is 2. The maximum absolute atomic E-state index is 12.0. The molecule has 0 bridgehead atoms. The number of thiocarbonyl (C=S) groups is 1. The molecule has 0 saturated heterocycles. The highest BCUT2D eigenvalue weighted by atomic mass is 35.5. The third kappa shape index (κ3) is 6.90. The van der Waals surface area contributed by atoms with Crippen LogP contribution in [0.2, 0.25) is 5.02 Å². The molecular formula is C19H21ClN2O3S. The van der Waals surface area contributed by atoms with E-state index in [9.17, 15) is 4.79 Å². The minimum Gasteiger partial charge on any atom is -0.494 e. The number of rotatable bonds is 8. The monoisotopic (exact) mass is 392 g/mol. The van der Waals surface area contributed by atoms with E-state index in [1.807, 2.05) is 31.2 Å². The van der Waals surface area contributed by atoms with Gasteiger partial charge in [-0.25, -0.2) is 0 Å². The lowest BCUT2D eigenvalue weighted by Crippen LogP contribution is -2.34. The second-order valence-corrected chi connectivity index (χ2v) is 6.18. The van der Waals surface area contributed by atoms with E-state index in [1.165, 1.54) is 0 Å². The third-order valence-electron chi connectivity index (χ3n) is 3.32. The van der Waals surface area contributed by atoms with Crippen LogP contribution in [0.1, 0.15) is 19.8 Å². The van der Waals surface area contributed by atoms with E-state index in [4.69, 9.17) is 33.3 Å². The molecule has 26 heavy (non-hydrogen) atoms. The maximum Gasteiger partial charge on any atom is 0.226 e. The van der Waals surface area contributed by atoms with Crippen molar-refractivity contribution in [3.05, 3.63) is 53.6 Å². The molecule has 0 spiro atoms. The van der Waals surface area contributed by atoms with E-state index in [1.54, 1.807) is 24.3 Å². The highest BCUT2D eigenvalue weighted by Crippen LogP contribution is 2.23. The highest BCUT2D eigenvalue weighted by Gasteiger charge is 2.08. The first kappa shape index (κ1) is 20.0. The minimum atomic E-state index is -0.170. The van der Waals surface area contributed by atoms with E-state index in [0.29, 0.717) is 42.5 Å². The molecule has 138 valence electrons. The fraction of sp³-hybridized carbons (Fsp3) is 0.263. The predicted octanol–water partition coefficient (Wildman–Crippen LogP) is 4.41. The molecule has 5 nitrogen and oxygen atoms in total. The standard InChI is InChI=1S/C19H21ClN2O3S/c1-2-24-17-7-4-3-6-16(17)21-19(26)22-18(23)8-5-13-25-15-11-9-14(20)10-12-15/h3-4,6-7,9-12H,2,5,8,13H2,1H3,(H2,21,22,23,26). The van der Waals surface area contributed by atoms with Gasteiger partial charge in [0.15, 0.2) is 5.11 Å². The maximum atomic E-state index is 12.0. The smallest absolute Gasteiger partial charge is 0.226 e. The summed E-state index contributed by atoms with van der Waals surface area (Å²) in [6, 6.07) is 14.5. The topological polar surface area (TPSA) is 59.6 Å². The van der Waals surface area contributed by atoms with Crippen LogP contribution in [0.15, 0.2) is 48.5 Å². The van der Waals surface area contributed by atoms with Gasteiger partial charge in [0.25, 0.3) is 0 Å². The van der Waals surface area contributed by atoms with Gasteiger partial charge in [0.2, 0.25) is 5.91 Å². The van der Waals surface area contributed by atoms with Crippen molar-refractivity contribution < 1.29 is 14.3 Å². The Morgan fingerprint density at radius 2 is 1.85 bits per heavy atom. The number of halogens is 1. The number of nitrogens with one attached hydrogen (secondary N) is 2. The summed E-state index contributed by atoms with van der Waals surface area (Å²) in [5.74, 6) is 1.23. The van der Waals surface area contributed by atoms with Crippen molar-refractivity contribution in [3.8, 4) is 11.5 Å². The number of amides is 1. The molecule has 0 unspecified atom stereocenters. The molecular weight excluding hydrogens is 372 g/mol. The van der Waals surface area contributed by atoms with Gasteiger partial charge in [-0.2, -0.15) is 0 Å². The van der Waals surface area contributed by atoms with Crippen molar-refractivity contribution in [3.63, 3.8) is 0 Å². The fourth-order valence-electron chi connectivity index (χ4n) is 2.15. The van der Waals surface area contributed by atoms with Gasteiger partial charge in [0.05, 0.1) is 18.9 Å². The summed E-state index contributed by atoms with van der Waals surface area (Å²) in [5.41, 5.74) is 0.714.